The number of likely N-dealkylation sites (tertiary alicyclic amines) is 1. The molecule has 1 saturated heterocycles. The van der Waals surface area contributed by atoms with Crippen molar-refractivity contribution in [1.29, 1.82) is 0 Å². The molecule has 1 atom stereocenters. The Hall–Kier alpha value is -2.10. The average molecular weight is 269 g/mol. The third-order valence-electron chi connectivity index (χ3n) is 4.16. The van der Waals surface area contributed by atoms with Gasteiger partial charge in [-0.05, 0) is 11.0 Å². The zero-order valence-corrected chi connectivity index (χ0v) is 11.8. The molecule has 4 heteroatoms. The Balaban J connectivity index is 1.84. The van der Waals surface area contributed by atoms with Crippen molar-refractivity contribution >= 4 is 5.91 Å². The molecule has 0 spiro atoms. The Kier molecular flexibility index (Phi) is 3.08. The fourth-order valence-electron chi connectivity index (χ4n) is 3.07. The first-order valence-electron chi connectivity index (χ1n) is 6.90. The molecule has 1 aliphatic rings. The fraction of sp³-hybridized carbons (Fsp3) is 0.375. The molecule has 2 heterocycles. The van der Waals surface area contributed by atoms with Gasteiger partial charge < -0.3 is 9.88 Å². The normalized spacial score (nSPS) is 21.1. The minimum absolute atomic E-state index is 0.0361. The van der Waals surface area contributed by atoms with Gasteiger partial charge in [-0.15, -0.1) is 0 Å². The third-order valence-corrected chi connectivity index (χ3v) is 4.16. The number of carbonyl (C=O) groups is 1. The smallest absolute Gasteiger partial charge is 0.271 e. The van der Waals surface area contributed by atoms with E-state index in [1.807, 2.05) is 11.0 Å². The van der Waals surface area contributed by atoms with Crippen molar-refractivity contribution in [2.75, 3.05) is 13.1 Å². The number of amides is 1. The average Bonchev–Trinajstić information content (AvgIpc) is 3.06. The van der Waals surface area contributed by atoms with Crippen LogP contribution in [0.25, 0.3) is 0 Å². The number of H-pyrrole nitrogens is 1. The molecule has 0 saturated carbocycles. The van der Waals surface area contributed by atoms with Gasteiger partial charge in [-0.1, -0.05) is 44.2 Å². The lowest BCUT2D eigenvalue weighted by molar-refractivity contribution is 0.0773. The maximum Gasteiger partial charge on any atom is 0.271 e. The fourth-order valence-corrected chi connectivity index (χ4v) is 3.07. The second-order valence-corrected chi connectivity index (χ2v) is 6.10. The van der Waals surface area contributed by atoms with E-state index in [0.717, 1.165) is 13.1 Å². The summed E-state index contributed by atoms with van der Waals surface area (Å²) in [6, 6.07) is 10.4. The number of aromatic nitrogens is 2. The molecule has 1 fully saturated rings. The first-order valence-corrected chi connectivity index (χ1v) is 6.90. The lowest BCUT2D eigenvalue weighted by atomic mass is 9.78. The number of carbonyl (C=O) groups excluding carboxylic acids is 1. The molecule has 0 unspecified atom stereocenters. The van der Waals surface area contributed by atoms with Crippen molar-refractivity contribution in [3.63, 3.8) is 0 Å². The highest BCUT2D eigenvalue weighted by atomic mass is 16.2. The predicted molar refractivity (Wildman–Crippen MR) is 77.5 cm³/mol. The molecule has 1 amide bonds. The van der Waals surface area contributed by atoms with Gasteiger partial charge in [-0.2, -0.15) is 0 Å². The number of rotatable bonds is 2. The molecule has 1 aromatic carbocycles. The van der Waals surface area contributed by atoms with E-state index in [2.05, 4.69) is 48.1 Å². The van der Waals surface area contributed by atoms with Crippen molar-refractivity contribution in [3.8, 4) is 0 Å². The van der Waals surface area contributed by atoms with Gasteiger partial charge in [-0.25, -0.2) is 4.98 Å². The largest absolute Gasteiger partial charge is 0.341 e. The first-order chi connectivity index (χ1) is 9.58. The maximum atomic E-state index is 12.4. The second-order valence-electron chi connectivity index (χ2n) is 6.10. The second kappa shape index (κ2) is 4.78. The van der Waals surface area contributed by atoms with Crippen LogP contribution in [0.15, 0.2) is 42.9 Å². The van der Waals surface area contributed by atoms with Crippen LogP contribution in [0.5, 0.6) is 0 Å². The lowest BCUT2D eigenvalue weighted by Crippen LogP contribution is -2.30. The van der Waals surface area contributed by atoms with E-state index in [-0.39, 0.29) is 11.3 Å². The minimum atomic E-state index is 0.0361. The summed E-state index contributed by atoms with van der Waals surface area (Å²) in [4.78, 5) is 21.2. The van der Waals surface area contributed by atoms with Gasteiger partial charge in [0, 0.05) is 19.0 Å². The molecule has 0 bridgehead atoms. The van der Waals surface area contributed by atoms with Gasteiger partial charge in [0.2, 0.25) is 0 Å². The van der Waals surface area contributed by atoms with E-state index in [0.29, 0.717) is 11.6 Å². The van der Waals surface area contributed by atoms with Gasteiger partial charge in [0.25, 0.3) is 5.91 Å². The van der Waals surface area contributed by atoms with E-state index >= 15 is 0 Å². The zero-order chi connectivity index (χ0) is 14.2. The van der Waals surface area contributed by atoms with E-state index < -0.39 is 0 Å². The SMILES string of the molecule is CC1(C)CN(C(=O)c2cnc[nH]2)C[C@H]1c1ccccc1. The number of aromatic amines is 1. The Labute approximate surface area is 118 Å². The van der Waals surface area contributed by atoms with Gasteiger partial charge >= 0.3 is 0 Å². The molecule has 20 heavy (non-hydrogen) atoms. The number of nitrogens with one attached hydrogen (secondary N) is 1. The van der Waals surface area contributed by atoms with Crippen LogP contribution in [0.2, 0.25) is 0 Å². The van der Waals surface area contributed by atoms with Crippen molar-refractivity contribution in [1.82, 2.24) is 14.9 Å². The minimum Gasteiger partial charge on any atom is -0.341 e. The maximum absolute atomic E-state index is 12.4. The Bertz CT molecular complexity index is 589. The van der Waals surface area contributed by atoms with Crippen LogP contribution in [0, 0.1) is 5.41 Å². The highest BCUT2D eigenvalue weighted by Gasteiger charge is 2.42. The van der Waals surface area contributed by atoms with Crippen LogP contribution in [0.1, 0.15) is 35.8 Å². The molecule has 1 aromatic heterocycles. The molecule has 0 radical (unpaired) electrons. The van der Waals surface area contributed by atoms with Crippen molar-refractivity contribution in [3.05, 3.63) is 54.1 Å². The summed E-state index contributed by atoms with van der Waals surface area (Å²) in [6.45, 7) is 5.98. The molecular formula is C16H19N3O. The molecule has 4 nitrogen and oxygen atoms in total. The Morgan fingerprint density at radius 1 is 1.35 bits per heavy atom. The summed E-state index contributed by atoms with van der Waals surface area (Å²) in [5.74, 6) is 0.407. The summed E-state index contributed by atoms with van der Waals surface area (Å²) in [5.41, 5.74) is 1.95. The van der Waals surface area contributed by atoms with Gasteiger partial charge in [0.05, 0.1) is 12.5 Å². The van der Waals surface area contributed by atoms with Crippen molar-refractivity contribution in [2.45, 2.75) is 19.8 Å². The Morgan fingerprint density at radius 3 is 2.75 bits per heavy atom. The number of hydrogen-bond acceptors (Lipinski definition) is 2. The predicted octanol–water partition coefficient (Wildman–Crippen LogP) is 2.68. The van der Waals surface area contributed by atoms with Crippen LogP contribution >= 0.6 is 0 Å². The number of imidazole rings is 1. The van der Waals surface area contributed by atoms with E-state index in [9.17, 15) is 4.79 Å². The quantitative estimate of drug-likeness (QED) is 0.911. The van der Waals surface area contributed by atoms with Crippen molar-refractivity contribution in [2.24, 2.45) is 5.41 Å². The molecule has 1 aliphatic heterocycles. The van der Waals surface area contributed by atoms with Crippen LogP contribution in [-0.2, 0) is 0 Å². The van der Waals surface area contributed by atoms with Crippen LogP contribution < -0.4 is 0 Å². The van der Waals surface area contributed by atoms with Crippen LogP contribution in [-0.4, -0.2) is 33.9 Å². The third kappa shape index (κ3) is 2.22. The molecule has 1 N–H and O–H groups in total. The summed E-state index contributed by atoms with van der Waals surface area (Å²) < 4.78 is 0. The van der Waals surface area contributed by atoms with Crippen LogP contribution in [0.4, 0.5) is 0 Å². The van der Waals surface area contributed by atoms with Crippen LogP contribution in [0.3, 0.4) is 0 Å². The molecule has 3 rings (SSSR count). The standard InChI is InChI=1S/C16H19N3O/c1-16(2)10-19(15(20)14-8-17-11-18-14)9-13(16)12-6-4-3-5-7-12/h3-8,11,13H,9-10H2,1-2H3,(H,17,18)/t13-/m0/s1. The number of nitrogens with zero attached hydrogens (tertiary/aromatic N) is 2. The highest BCUT2D eigenvalue weighted by molar-refractivity contribution is 5.92. The summed E-state index contributed by atoms with van der Waals surface area (Å²) in [7, 11) is 0. The van der Waals surface area contributed by atoms with Gasteiger partial charge in [0.1, 0.15) is 5.69 Å². The first kappa shape index (κ1) is 12.9. The topological polar surface area (TPSA) is 49.0 Å². The van der Waals surface area contributed by atoms with Crippen molar-refractivity contribution < 1.29 is 4.79 Å². The highest BCUT2D eigenvalue weighted by Crippen LogP contribution is 2.42. The van der Waals surface area contributed by atoms with E-state index in [4.69, 9.17) is 0 Å². The summed E-state index contributed by atoms with van der Waals surface area (Å²) >= 11 is 0. The summed E-state index contributed by atoms with van der Waals surface area (Å²) in [5, 5.41) is 0. The van der Waals surface area contributed by atoms with Gasteiger partial charge in [0.15, 0.2) is 0 Å². The molecular weight excluding hydrogens is 250 g/mol. The van der Waals surface area contributed by atoms with E-state index in [1.165, 1.54) is 5.56 Å². The number of hydrogen-bond donors (Lipinski definition) is 1. The molecule has 2 aromatic rings. The van der Waals surface area contributed by atoms with E-state index in [1.54, 1.807) is 12.5 Å². The Morgan fingerprint density at radius 2 is 2.10 bits per heavy atom. The monoisotopic (exact) mass is 269 g/mol. The number of benzene rings is 1. The zero-order valence-electron chi connectivity index (χ0n) is 11.8. The molecule has 0 aliphatic carbocycles. The lowest BCUT2D eigenvalue weighted by Gasteiger charge is -2.25. The van der Waals surface area contributed by atoms with Gasteiger partial charge in [-0.3, -0.25) is 4.79 Å². The summed E-state index contributed by atoms with van der Waals surface area (Å²) in [6.07, 6.45) is 3.13. The molecule has 104 valence electrons.